The van der Waals surface area contributed by atoms with Crippen LogP contribution in [-0.2, 0) is 13.1 Å². The van der Waals surface area contributed by atoms with Crippen molar-refractivity contribution >= 4 is 11.6 Å². The smallest absolute Gasteiger partial charge is 0.269 e. The monoisotopic (exact) mass is 316 g/mol. The molecule has 0 aromatic heterocycles. The van der Waals surface area contributed by atoms with Crippen molar-refractivity contribution in [3.63, 3.8) is 0 Å². The van der Waals surface area contributed by atoms with Crippen molar-refractivity contribution in [2.75, 3.05) is 7.05 Å². The van der Waals surface area contributed by atoms with E-state index in [1.54, 1.807) is 25.2 Å². The van der Waals surface area contributed by atoms with E-state index in [2.05, 4.69) is 15.6 Å². The van der Waals surface area contributed by atoms with Gasteiger partial charge in [-0.2, -0.15) is 0 Å². The molecule has 2 aromatic rings. The van der Waals surface area contributed by atoms with Crippen LogP contribution in [0.3, 0.4) is 0 Å². The molecule has 0 spiro atoms. The highest BCUT2D eigenvalue weighted by atomic mass is 19.1. The first-order valence-corrected chi connectivity index (χ1v) is 7.01. The van der Waals surface area contributed by atoms with Crippen LogP contribution in [0.5, 0.6) is 0 Å². The van der Waals surface area contributed by atoms with Crippen molar-refractivity contribution in [3.8, 4) is 0 Å². The maximum atomic E-state index is 13.1. The number of guanidine groups is 1. The van der Waals surface area contributed by atoms with E-state index in [4.69, 9.17) is 0 Å². The third-order valence-corrected chi connectivity index (χ3v) is 3.18. The molecule has 0 amide bonds. The van der Waals surface area contributed by atoms with Gasteiger partial charge in [0.15, 0.2) is 5.96 Å². The number of non-ortho nitro benzene ring substituents is 1. The van der Waals surface area contributed by atoms with Gasteiger partial charge in [-0.1, -0.05) is 24.3 Å². The number of nitrogens with zero attached hydrogens (tertiary/aromatic N) is 2. The van der Waals surface area contributed by atoms with Crippen LogP contribution in [-0.4, -0.2) is 17.9 Å². The van der Waals surface area contributed by atoms with Crippen LogP contribution in [0.1, 0.15) is 11.1 Å². The summed E-state index contributed by atoms with van der Waals surface area (Å²) in [6, 6.07) is 12.6. The number of halogens is 1. The first-order valence-electron chi connectivity index (χ1n) is 7.01. The van der Waals surface area contributed by atoms with Crippen LogP contribution in [0, 0.1) is 15.9 Å². The lowest BCUT2D eigenvalue weighted by Crippen LogP contribution is -2.36. The van der Waals surface area contributed by atoms with Crippen LogP contribution in [0.4, 0.5) is 10.1 Å². The van der Waals surface area contributed by atoms with Gasteiger partial charge in [-0.15, -0.1) is 0 Å². The Morgan fingerprint density at radius 1 is 1.13 bits per heavy atom. The quantitative estimate of drug-likeness (QED) is 0.384. The Kier molecular flexibility index (Phi) is 5.62. The zero-order valence-corrected chi connectivity index (χ0v) is 12.6. The van der Waals surface area contributed by atoms with E-state index >= 15 is 0 Å². The molecule has 0 aliphatic heterocycles. The highest BCUT2D eigenvalue weighted by Gasteiger charge is 2.04. The lowest BCUT2D eigenvalue weighted by atomic mass is 10.2. The van der Waals surface area contributed by atoms with Gasteiger partial charge in [0, 0.05) is 32.3 Å². The predicted octanol–water partition coefficient (Wildman–Crippen LogP) is 2.60. The molecule has 0 unspecified atom stereocenters. The van der Waals surface area contributed by atoms with Crippen LogP contribution in [0.25, 0.3) is 0 Å². The Morgan fingerprint density at radius 3 is 2.35 bits per heavy atom. The second-order valence-electron chi connectivity index (χ2n) is 4.83. The van der Waals surface area contributed by atoms with Crippen molar-refractivity contribution in [2.45, 2.75) is 13.1 Å². The molecular formula is C16H17FN4O2. The maximum absolute atomic E-state index is 13.1. The summed E-state index contributed by atoms with van der Waals surface area (Å²) in [6.45, 7) is 0.915. The van der Waals surface area contributed by atoms with Crippen molar-refractivity contribution in [3.05, 3.63) is 75.6 Å². The maximum Gasteiger partial charge on any atom is 0.269 e. The molecule has 6 nitrogen and oxygen atoms in total. The van der Waals surface area contributed by atoms with Gasteiger partial charge in [0.2, 0.25) is 0 Å². The molecule has 2 rings (SSSR count). The Bertz CT molecular complexity index is 701. The van der Waals surface area contributed by atoms with E-state index in [0.717, 1.165) is 11.1 Å². The number of hydrogen-bond acceptors (Lipinski definition) is 3. The van der Waals surface area contributed by atoms with Crippen LogP contribution < -0.4 is 10.6 Å². The first kappa shape index (κ1) is 16.4. The summed E-state index contributed by atoms with van der Waals surface area (Å²) < 4.78 is 13.1. The van der Waals surface area contributed by atoms with E-state index in [1.807, 2.05) is 6.07 Å². The Hall–Kier alpha value is -2.96. The number of benzene rings is 2. The van der Waals surface area contributed by atoms with Gasteiger partial charge in [-0.05, 0) is 23.3 Å². The molecule has 0 heterocycles. The summed E-state index contributed by atoms with van der Waals surface area (Å²) >= 11 is 0. The normalized spacial score (nSPS) is 11.1. The summed E-state index contributed by atoms with van der Waals surface area (Å²) in [7, 11) is 1.64. The predicted molar refractivity (Wildman–Crippen MR) is 86.5 cm³/mol. The second kappa shape index (κ2) is 7.88. The Balaban J connectivity index is 1.86. The lowest BCUT2D eigenvalue weighted by molar-refractivity contribution is -0.384. The van der Waals surface area contributed by atoms with Crippen molar-refractivity contribution < 1.29 is 9.31 Å². The van der Waals surface area contributed by atoms with Crippen LogP contribution in [0.15, 0.2) is 53.5 Å². The summed E-state index contributed by atoms with van der Waals surface area (Å²) in [6.07, 6.45) is 0. The minimum absolute atomic E-state index is 0.0577. The number of nitro benzene ring substituents is 1. The molecule has 2 aromatic carbocycles. The van der Waals surface area contributed by atoms with E-state index < -0.39 is 4.92 Å². The molecule has 0 saturated heterocycles. The van der Waals surface area contributed by atoms with Crippen molar-refractivity contribution in [1.82, 2.24) is 10.6 Å². The topological polar surface area (TPSA) is 79.6 Å². The SMILES string of the molecule is CN=C(NCc1ccc([N+](=O)[O-])cc1)NCc1cccc(F)c1. The average molecular weight is 316 g/mol. The van der Waals surface area contributed by atoms with Gasteiger partial charge < -0.3 is 10.6 Å². The van der Waals surface area contributed by atoms with Crippen LogP contribution >= 0.6 is 0 Å². The van der Waals surface area contributed by atoms with E-state index in [1.165, 1.54) is 24.3 Å². The molecule has 2 N–H and O–H groups in total. The minimum atomic E-state index is -0.434. The number of nitrogens with one attached hydrogen (secondary N) is 2. The number of aliphatic imine (C=N–C) groups is 1. The highest BCUT2D eigenvalue weighted by molar-refractivity contribution is 5.79. The molecule has 7 heteroatoms. The molecule has 120 valence electrons. The van der Waals surface area contributed by atoms with E-state index in [9.17, 15) is 14.5 Å². The molecule has 23 heavy (non-hydrogen) atoms. The number of hydrogen-bond donors (Lipinski definition) is 2. The van der Waals surface area contributed by atoms with Gasteiger partial charge in [-0.25, -0.2) is 4.39 Å². The lowest BCUT2D eigenvalue weighted by Gasteiger charge is -2.12. The van der Waals surface area contributed by atoms with Gasteiger partial charge in [0.25, 0.3) is 5.69 Å². The average Bonchev–Trinajstić information content (AvgIpc) is 2.55. The fraction of sp³-hybridized carbons (Fsp3) is 0.188. The molecule has 0 bridgehead atoms. The third-order valence-electron chi connectivity index (χ3n) is 3.18. The zero-order valence-electron chi connectivity index (χ0n) is 12.6. The van der Waals surface area contributed by atoms with E-state index in [0.29, 0.717) is 19.0 Å². The van der Waals surface area contributed by atoms with E-state index in [-0.39, 0.29) is 11.5 Å². The third kappa shape index (κ3) is 5.06. The van der Waals surface area contributed by atoms with Gasteiger partial charge in [0.1, 0.15) is 5.82 Å². The molecule has 0 aliphatic carbocycles. The summed E-state index contributed by atoms with van der Waals surface area (Å²) in [5, 5.41) is 16.8. The largest absolute Gasteiger partial charge is 0.352 e. The number of rotatable bonds is 5. The second-order valence-corrected chi connectivity index (χ2v) is 4.83. The van der Waals surface area contributed by atoms with Gasteiger partial charge in [-0.3, -0.25) is 15.1 Å². The Labute approximate surface area is 133 Å². The summed E-state index contributed by atoms with van der Waals surface area (Å²) in [4.78, 5) is 14.2. The minimum Gasteiger partial charge on any atom is -0.352 e. The zero-order chi connectivity index (χ0) is 16.7. The summed E-state index contributed by atoms with van der Waals surface area (Å²) in [5.74, 6) is 0.283. The molecular weight excluding hydrogens is 299 g/mol. The highest BCUT2D eigenvalue weighted by Crippen LogP contribution is 2.11. The van der Waals surface area contributed by atoms with Crippen LogP contribution in [0.2, 0.25) is 0 Å². The standard InChI is InChI=1S/C16H17FN4O2/c1-18-16(20-11-13-3-2-4-14(17)9-13)19-10-12-5-7-15(8-6-12)21(22)23/h2-9H,10-11H2,1H3,(H2,18,19,20). The molecule has 0 aliphatic rings. The Morgan fingerprint density at radius 2 is 1.78 bits per heavy atom. The molecule has 0 fully saturated rings. The fourth-order valence-electron chi connectivity index (χ4n) is 1.97. The molecule has 0 radical (unpaired) electrons. The number of nitro groups is 1. The van der Waals surface area contributed by atoms with Crippen molar-refractivity contribution in [2.24, 2.45) is 4.99 Å². The van der Waals surface area contributed by atoms with Gasteiger partial charge >= 0.3 is 0 Å². The molecule has 0 saturated carbocycles. The molecule has 0 atom stereocenters. The van der Waals surface area contributed by atoms with Gasteiger partial charge in [0.05, 0.1) is 4.92 Å². The van der Waals surface area contributed by atoms with Crippen molar-refractivity contribution in [1.29, 1.82) is 0 Å². The fourth-order valence-corrected chi connectivity index (χ4v) is 1.97. The summed E-state index contributed by atoms with van der Waals surface area (Å²) in [5.41, 5.74) is 1.76. The first-order chi connectivity index (χ1) is 11.1.